The van der Waals surface area contributed by atoms with Crippen LogP contribution in [-0.2, 0) is 4.79 Å². The van der Waals surface area contributed by atoms with E-state index in [-0.39, 0.29) is 29.0 Å². The Balaban J connectivity index is 2.02. The zero-order valence-corrected chi connectivity index (χ0v) is 15.3. The minimum absolute atomic E-state index is 0.0220. The summed E-state index contributed by atoms with van der Waals surface area (Å²) in [4.78, 5) is 33.5. The molecule has 0 aliphatic carbocycles. The Kier molecular flexibility index (Phi) is 6.74. The lowest BCUT2D eigenvalue weighted by atomic mass is 10.3. The maximum absolute atomic E-state index is 12.2. The first kappa shape index (κ1) is 19.5. The van der Waals surface area contributed by atoms with E-state index in [9.17, 15) is 9.59 Å². The van der Waals surface area contributed by atoms with E-state index in [1.165, 1.54) is 18.5 Å². The van der Waals surface area contributed by atoms with Gasteiger partial charge in [0.05, 0.1) is 5.02 Å². The fourth-order valence-corrected chi connectivity index (χ4v) is 2.45. The molecule has 0 bridgehead atoms. The van der Waals surface area contributed by atoms with Crippen LogP contribution < -0.4 is 15.8 Å². The predicted molar refractivity (Wildman–Crippen MR) is 99.3 cm³/mol. The summed E-state index contributed by atoms with van der Waals surface area (Å²) in [6.07, 6.45) is 2.77. The summed E-state index contributed by atoms with van der Waals surface area (Å²) >= 11 is 6.17. The number of anilines is 2. The molecule has 2 rings (SSSR count). The number of rotatable bonds is 7. The van der Waals surface area contributed by atoms with Gasteiger partial charge in [0.2, 0.25) is 0 Å². The van der Waals surface area contributed by atoms with Crippen molar-refractivity contribution in [2.45, 2.75) is 13.8 Å². The lowest BCUT2D eigenvalue weighted by molar-refractivity contribution is -0.132. The number of benzene rings is 1. The quantitative estimate of drug-likeness (QED) is 0.765. The third-order valence-corrected chi connectivity index (χ3v) is 3.89. The van der Waals surface area contributed by atoms with Gasteiger partial charge in [-0.3, -0.25) is 9.59 Å². The van der Waals surface area contributed by atoms with Crippen LogP contribution in [0.5, 0.6) is 5.75 Å². The zero-order valence-electron chi connectivity index (χ0n) is 14.5. The van der Waals surface area contributed by atoms with Gasteiger partial charge in [0.25, 0.3) is 11.8 Å². The van der Waals surface area contributed by atoms with Crippen molar-refractivity contribution in [3.05, 3.63) is 41.3 Å². The number of nitrogens with two attached hydrogens (primary N) is 1. The molecule has 0 saturated heterocycles. The third-order valence-electron chi connectivity index (χ3n) is 3.60. The number of aromatic nitrogens is 2. The van der Waals surface area contributed by atoms with Crippen LogP contribution in [0.3, 0.4) is 0 Å². The number of hydrogen-bond acceptors (Lipinski definition) is 6. The van der Waals surface area contributed by atoms with Crippen molar-refractivity contribution < 1.29 is 14.3 Å². The van der Waals surface area contributed by atoms with E-state index in [4.69, 9.17) is 22.1 Å². The molecule has 2 amide bonds. The minimum atomic E-state index is -0.503. The maximum Gasteiger partial charge on any atom is 0.278 e. The Hall–Kier alpha value is -2.87. The van der Waals surface area contributed by atoms with Gasteiger partial charge in [-0.2, -0.15) is 0 Å². The molecule has 9 heteroatoms. The third kappa shape index (κ3) is 4.82. The first-order chi connectivity index (χ1) is 12.5. The van der Waals surface area contributed by atoms with Gasteiger partial charge in [0.15, 0.2) is 18.1 Å². The van der Waals surface area contributed by atoms with E-state index in [0.29, 0.717) is 24.5 Å². The first-order valence-electron chi connectivity index (χ1n) is 8.04. The average molecular weight is 378 g/mol. The summed E-state index contributed by atoms with van der Waals surface area (Å²) in [5, 5.41) is 2.90. The minimum Gasteiger partial charge on any atom is -0.482 e. The number of ether oxygens (including phenoxy) is 1. The predicted octanol–water partition coefficient (Wildman–Crippen LogP) is 2.21. The lowest BCUT2D eigenvalue weighted by Crippen LogP contribution is -2.34. The molecular weight excluding hydrogens is 358 g/mol. The van der Waals surface area contributed by atoms with E-state index in [1.54, 1.807) is 17.0 Å². The summed E-state index contributed by atoms with van der Waals surface area (Å²) in [7, 11) is 0. The van der Waals surface area contributed by atoms with Crippen LogP contribution in [-0.4, -0.2) is 46.4 Å². The van der Waals surface area contributed by atoms with Gasteiger partial charge in [-0.15, -0.1) is 0 Å². The molecule has 0 aliphatic rings. The molecule has 0 atom stereocenters. The fourth-order valence-electron chi connectivity index (χ4n) is 2.22. The molecule has 1 aromatic carbocycles. The van der Waals surface area contributed by atoms with Gasteiger partial charge in [-0.05, 0) is 32.0 Å². The monoisotopic (exact) mass is 377 g/mol. The molecule has 1 aromatic heterocycles. The van der Waals surface area contributed by atoms with Gasteiger partial charge >= 0.3 is 0 Å². The van der Waals surface area contributed by atoms with E-state index in [0.717, 1.165) is 0 Å². The molecule has 0 aliphatic heterocycles. The molecule has 26 heavy (non-hydrogen) atoms. The highest BCUT2D eigenvalue weighted by Crippen LogP contribution is 2.28. The molecule has 0 saturated carbocycles. The highest BCUT2D eigenvalue weighted by molar-refractivity contribution is 6.32. The molecule has 138 valence electrons. The van der Waals surface area contributed by atoms with Crippen LogP contribution in [0, 0.1) is 0 Å². The Morgan fingerprint density at radius 1 is 1.23 bits per heavy atom. The van der Waals surface area contributed by atoms with Gasteiger partial charge < -0.3 is 20.7 Å². The van der Waals surface area contributed by atoms with Crippen molar-refractivity contribution >= 4 is 34.9 Å². The van der Waals surface area contributed by atoms with Crippen molar-refractivity contribution in [1.29, 1.82) is 0 Å². The SMILES string of the molecule is CCN(CC)C(=O)COc1ccc(NC(=O)c2nccnc2N)cc1Cl. The average Bonchev–Trinajstić information content (AvgIpc) is 2.62. The highest BCUT2D eigenvalue weighted by atomic mass is 35.5. The van der Waals surface area contributed by atoms with E-state index in [1.807, 2.05) is 13.8 Å². The summed E-state index contributed by atoms with van der Waals surface area (Å²) < 4.78 is 5.47. The number of nitrogens with zero attached hydrogens (tertiary/aromatic N) is 3. The molecule has 8 nitrogen and oxygen atoms in total. The maximum atomic E-state index is 12.2. The second-order valence-electron chi connectivity index (χ2n) is 5.24. The molecule has 3 N–H and O–H groups in total. The standard InChI is InChI=1S/C17H20ClN5O3/c1-3-23(4-2)14(24)10-26-13-6-5-11(9-12(13)18)22-17(25)15-16(19)21-8-7-20-15/h5-9H,3-4,10H2,1-2H3,(H2,19,21)(H,22,25). The van der Waals surface area contributed by atoms with Crippen LogP contribution in [0.25, 0.3) is 0 Å². The van der Waals surface area contributed by atoms with Crippen LogP contribution in [0.2, 0.25) is 5.02 Å². The Morgan fingerprint density at radius 2 is 1.92 bits per heavy atom. The second-order valence-corrected chi connectivity index (χ2v) is 5.65. The molecular formula is C17H20ClN5O3. The van der Waals surface area contributed by atoms with E-state index >= 15 is 0 Å². The van der Waals surface area contributed by atoms with Crippen molar-refractivity contribution in [3.8, 4) is 5.75 Å². The Labute approximate surface area is 156 Å². The molecule has 1 heterocycles. The number of carbonyl (C=O) groups is 2. The zero-order chi connectivity index (χ0) is 19.1. The van der Waals surface area contributed by atoms with E-state index in [2.05, 4.69) is 15.3 Å². The summed E-state index contributed by atoms with van der Waals surface area (Å²) in [6.45, 7) is 4.92. The highest BCUT2D eigenvalue weighted by Gasteiger charge is 2.14. The van der Waals surface area contributed by atoms with E-state index < -0.39 is 5.91 Å². The number of carbonyl (C=O) groups excluding carboxylic acids is 2. The first-order valence-corrected chi connectivity index (χ1v) is 8.42. The van der Waals surface area contributed by atoms with Crippen molar-refractivity contribution in [2.75, 3.05) is 30.7 Å². The molecule has 2 aromatic rings. The van der Waals surface area contributed by atoms with Gasteiger partial charge in [0.1, 0.15) is 5.75 Å². The molecule has 0 radical (unpaired) electrons. The Bertz CT molecular complexity index is 796. The van der Waals surface area contributed by atoms with Gasteiger partial charge in [-0.1, -0.05) is 11.6 Å². The Morgan fingerprint density at radius 3 is 2.54 bits per heavy atom. The smallest absolute Gasteiger partial charge is 0.278 e. The summed E-state index contributed by atoms with van der Waals surface area (Å²) in [5.41, 5.74) is 6.09. The molecule has 0 fully saturated rings. The van der Waals surface area contributed by atoms with Crippen molar-refractivity contribution in [1.82, 2.24) is 14.9 Å². The fraction of sp³-hybridized carbons (Fsp3) is 0.294. The largest absolute Gasteiger partial charge is 0.482 e. The lowest BCUT2D eigenvalue weighted by Gasteiger charge is -2.19. The van der Waals surface area contributed by atoms with Crippen LogP contribution in [0.4, 0.5) is 11.5 Å². The van der Waals surface area contributed by atoms with Gasteiger partial charge in [0, 0.05) is 31.2 Å². The molecule has 0 spiro atoms. The van der Waals surface area contributed by atoms with Crippen molar-refractivity contribution in [3.63, 3.8) is 0 Å². The molecule has 0 unspecified atom stereocenters. The second kappa shape index (κ2) is 9.00. The van der Waals surface area contributed by atoms with Crippen LogP contribution in [0.15, 0.2) is 30.6 Å². The number of nitrogens with one attached hydrogen (secondary N) is 1. The van der Waals surface area contributed by atoms with Crippen LogP contribution >= 0.6 is 11.6 Å². The van der Waals surface area contributed by atoms with Crippen molar-refractivity contribution in [2.24, 2.45) is 0 Å². The number of nitrogen functional groups attached to an aromatic ring is 1. The van der Waals surface area contributed by atoms with Crippen LogP contribution in [0.1, 0.15) is 24.3 Å². The number of amides is 2. The summed E-state index contributed by atoms with van der Waals surface area (Å²) in [5.74, 6) is -0.242. The number of likely N-dealkylation sites (N-methyl/N-ethyl adjacent to an activating group) is 1. The number of halogens is 1. The normalized spacial score (nSPS) is 10.3. The van der Waals surface area contributed by atoms with Gasteiger partial charge in [-0.25, -0.2) is 9.97 Å². The number of hydrogen-bond donors (Lipinski definition) is 2. The summed E-state index contributed by atoms with van der Waals surface area (Å²) in [6, 6.07) is 4.70. The topological polar surface area (TPSA) is 110 Å².